The minimum atomic E-state index is -0.305. The van der Waals surface area contributed by atoms with Gasteiger partial charge in [-0.05, 0) is 61.7 Å². The van der Waals surface area contributed by atoms with Crippen LogP contribution in [0.3, 0.4) is 0 Å². The van der Waals surface area contributed by atoms with Crippen LogP contribution < -0.4 is 5.32 Å². The van der Waals surface area contributed by atoms with E-state index in [9.17, 15) is 4.79 Å². The number of nitrogens with zero attached hydrogens (tertiary/aromatic N) is 3. The second-order valence-electron chi connectivity index (χ2n) is 7.34. The number of pyridine rings is 1. The number of rotatable bonds is 4. The molecule has 0 aliphatic carbocycles. The third kappa shape index (κ3) is 4.48. The molecule has 7 heteroatoms. The Morgan fingerprint density at radius 3 is 2.61 bits per heavy atom. The van der Waals surface area contributed by atoms with Crippen molar-refractivity contribution in [2.75, 3.05) is 5.32 Å². The molecule has 0 spiro atoms. The van der Waals surface area contributed by atoms with Crippen LogP contribution in [0.25, 0.3) is 22.8 Å². The zero-order valence-electron chi connectivity index (χ0n) is 17.3. The lowest BCUT2D eigenvalue weighted by Crippen LogP contribution is -2.13. The quantitative estimate of drug-likeness (QED) is 0.370. The Hall–Kier alpha value is -3.15. The first-order valence-corrected chi connectivity index (χ1v) is 10.5. The summed E-state index contributed by atoms with van der Waals surface area (Å²) in [6.45, 7) is 5.94. The van der Waals surface area contributed by atoms with Gasteiger partial charge in [0.05, 0.1) is 11.2 Å². The number of para-hydroxylation sites is 1. The molecular weight excluding hydrogens is 431 g/mol. The largest absolute Gasteiger partial charge is 0.307 e. The van der Waals surface area contributed by atoms with Gasteiger partial charge in [0.25, 0.3) is 0 Å². The summed E-state index contributed by atoms with van der Waals surface area (Å²) in [6.07, 6.45) is 3.06. The number of hydrogen-bond acceptors (Lipinski definition) is 3. The molecule has 1 amide bonds. The molecule has 0 fully saturated rings. The summed E-state index contributed by atoms with van der Waals surface area (Å²) >= 11 is 12.1. The summed E-state index contributed by atoms with van der Waals surface area (Å²) in [5.41, 5.74) is 4.56. The topological polar surface area (TPSA) is 59.8 Å². The zero-order chi connectivity index (χ0) is 22.1. The molecule has 0 radical (unpaired) electrons. The lowest BCUT2D eigenvalue weighted by Gasteiger charge is -2.11. The summed E-state index contributed by atoms with van der Waals surface area (Å²) in [5.74, 6) is 0.877. The van der Waals surface area contributed by atoms with Crippen LogP contribution in [0.5, 0.6) is 0 Å². The SMILES string of the molecule is Cc1cc(NC(=O)/C=C/c2ccc(Cl)cc2Cl)n(-c2cc(C)c3cccc(C)c3n2)n1. The van der Waals surface area contributed by atoms with E-state index in [1.165, 1.54) is 6.08 Å². The van der Waals surface area contributed by atoms with Crippen LogP contribution in [0.15, 0.2) is 54.6 Å². The predicted molar refractivity (Wildman–Crippen MR) is 127 cm³/mol. The second-order valence-corrected chi connectivity index (χ2v) is 8.18. The molecule has 2 aromatic carbocycles. The van der Waals surface area contributed by atoms with Gasteiger partial charge < -0.3 is 5.32 Å². The van der Waals surface area contributed by atoms with E-state index in [2.05, 4.69) is 16.5 Å². The molecule has 4 rings (SSSR count). The molecule has 0 saturated heterocycles. The van der Waals surface area contributed by atoms with E-state index in [0.717, 1.165) is 27.7 Å². The van der Waals surface area contributed by atoms with Crippen molar-refractivity contribution in [2.24, 2.45) is 0 Å². The highest BCUT2D eigenvalue weighted by Crippen LogP contribution is 2.25. The molecule has 31 heavy (non-hydrogen) atoms. The third-order valence-electron chi connectivity index (χ3n) is 4.91. The first-order chi connectivity index (χ1) is 14.8. The van der Waals surface area contributed by atoms with Crippen LogP contribution in [-0.2, 0) is 4.79 Å². The molecule has 4 aromatic rings. The van der Waals surface area contributed by atoms with Gasteiger partial charge in [0.1, 0.15) is 5.82 Å². The van der Waals surface area contributed by atoms with Crippen molar-refractivity contribution in [3.63, 3.8) is 0 Å². The highest BCUT2D eigenvalue weighted by molar-refractivity contribution is 6.35. The van der Waals surface area contributed by atoms with Crippen LogP contribution in [0, 0.1) is 20.8 Å². The molecule has 156 valence electrons. The van der Waals surface area contributed by atoms with Crippen molar-refractivity contribution in [3.8, 4) is 5.82 Å². The smallest absolute Gasteiger partial charge is 0.249 e. The number of fused-ring (bicyclic) bond motifs is 1. The summed E-state index contributed by atoms with van der Waals surface area (Å²) in [5, 5.41) is 9.53. The molecule has 0 saturated carbocycles. The standard InChI is InChI=1S/C24H20Cl2N4O/c1-14-5-4-6-19-15(2)11-21(28-24(14)19)30-22(12-16(3)29-30)27-23(31)10-8-17-7-9-18(25)13-20(17)26/h4-13H,1-3H3,(H,27,31)/b10-8+. The van der Waals surface area contributed by atoms with Crippen molar-refractivity contribution in [2.45, 2.75) is 20.8 Å². The molecule has 0 atom stereocenters. The average molecular weight is 451 g/mol. The van der Waals surface area contributed by atoms with E-state index in [4.69, 9.17) is 28.2 Å². The number of anilines is 1. The lowest BCUT2D eigenvalue weighted by molar-refractivity contribution is -0.111. The Morgan fingerprint density at radius 2 is 1.84 bits per heavy atom. The number of carbonyl (C=O) groups excluding carboxylic acids is 1. The number of aromatic nitrogens is 3. The molecule has 1 N–H and O–H groups in total. The van der Waals surface area contributed by atoms with Gasteiger partial charge in [0.2, 0.25) is 5.91 Å². The first-order valence-electron chi connectivity index (χ1n) is 9.70. The maximum atomic E-state index is 12.6. The maximum absolute atomic E-state index is 12.6. The van der Waals surface area contributed by atoms with Gasteiger partial charge in [-0.15, -0.1) is 0 Å². The number of carbonyl (C=O) groups is 1. The fourth-order valence-electron chi connectivity index (χ4n) is 3.39. The number of halogens is 2. The molecule has 0 aliphatic heterocycles. The number of benzene rings is 2. The van der Waals surface area contributed by atoms with E-state index in [0.29, 0.717) is 27.2 Å². The number of hydrogen-bond donors (Lipinski definition) is 1. The van der Waals surface area contributed by atoms with E-state index in [-0.39, 0.29) is 5.91 Å². The molecular formula is C24H20Cl2N4O. The Labute approximate surface area is 190 Å². The summed E-state index contributed by atoms with van der Waals surface area (Å²) in [6, 6.07) is 15.0. The van der Waals surface area contributed by atoms with Crippen LogP contribution in [-0.4, -0.2) is 20.7 Å². The van der Waals surface area contributed by atoms with Gasteiger partial charge >= 0.3 is 0 Å². The van der Waals surface area contributed by atoms with Gasteiger partial charge in [-0.3, -0.25) is 4.79 Å². The predicted octanol–water partition coefficient (Wildman–Crippen LogP) is 6.30. The molecule has 2 heterocycles. The zero-order valence-corrected chi connectivity index (χ0v) is 18.8. The first kappa shape index (κ1) is 21.1. The summed E-state index contributed by atoms with van der Waals surface area (Å²) in [7, 11) is 0. The minimum Gasteiger partial charge on any atom is -0.307 e. The molecule has 2 aromatic heterocycles. The van der Waals surface area contributed by atoms with Gasteiger partial charge in [0, 0.05) is 27.6 Å². The highest BCUT2D eigenvalue weighted by atomic mass is 35.5. The number of nitrogens with one attached hydrogen (secondary N) is 1. The Kier molecular flexibility index (Phi) is 5.81. The highest BCUT2D eigenvalue weighted by Gasteiger charge is 2.13. The van der Waals surface area contributed by atoms with E-state index in [1.54, 1.807) is 35.0 Å². The molecule has 5 nitrogen and oxygen atoms in total. The second kappa shape index (κ2) is 8.53. The van der Waals surface area contributed by atoms with E-state index in [1.807, 2.05) is 39.0 Å². The van der Waals surface area contributed by atoms with Crippen LogP contribution in [0.4, 0.5) is 5.82 Å². The van der Waals surface area contributed by atoms with Gasteiger partial charge in [-0.1, -0.05) is 47.5 Å². The van der Waals surface area contributed by atoms with Crippen LogP contribution in [0.2, 0.25) is 10.0 Å². The fraction of sp³-hybridized carbons (Fsp3) is 0.125. The van der Waals surface area contributed by atoms with E-state index >= 15 is 0 Å². The average Bonchev–Trinajstić information content (AvgIpc) is 3.08. The van der Waals surface area contributed by atoms with Gasteiger partial charge in [-0.2, -0.15) is 9.78 Å². The van der Waals surface area contributed by atoms with Crippen molar-refractivity contribution in [3.05, 3.63) is 87.0 Å². The lowest BCUT2D eigenvalue weighted by atomic mass is 10.1. The molecule has 0 bridgehead atoms. The number of amides is 1. The Morgan fingerprint density at radius 1 is 1.03 bits per heavy atom. The summed E-state index contributed by atoms with van der Waals surface area (Å²) < 4.78 is 1.65. The Balaban J connectivity index is 1.65. The number of aryl methyl sites for hydroxylation is 3. The van der Waals surface area contributed by atoms with Crippen molar-refractivity contribution in [1.82, 2.24) is 14.8 Å². The third-order valence-corrected chi connectivity index (χ3v) is 5.47. The van der Waals surface area contributed by atoms with Crippen molar-refractivity contribution >= 4 is 51.9 Å². The van der Waals surface area contributed by atoms with Gasteiger partial charge in [0.15, 0.2) is 5.82 Å². The fourth-order valence-corrected chi connectivity index (χ4v) is 3.86. The monoisotopic (exact) mass is 450 g/mol. The van der Waals surface area contributed by atoms with E-state index < -0.39 is 0 Å². The van der Waals surface area contributed by atoms with Crippen LogP contribution in [0.1, 0.15) is 22.4 Å². The minimum absolute atomic E-state index is 0.305. The van der Waals surface area contributed by atoms with Crippen LogP contribution >= 0.6 is 23.2 Å². The van der Waals surface area contributed by atoms with Gasteiger partial charge in [-0.25, -0.2) is 4.98 Å². The van der Waals surface area contributed by atoms with Crippen molar-refractivity contribution < 1.29 is 4.79 Å². The van der Waals surface area contributed by atoms with Crippen molar-refractivity contribution in [1.29, 1.82) is 0 Å². The molecule has 0 unspecified atom stereocenters. The maximum Gasteiger partial charge on any atom is 0.249 e. The normalized spacial score (nSPS) is 11.4. The Bertz CT molecular complexity index is 1340. The summed E-state index contributed by atoms with van der Waals surface area (Å²) in [4.78, 5) is 17.4. The molecule has 0 aliphatic rings.